The number of sulfonamides is 1. The van der Waals surface area contributed by atoms with Crippen LogP contribution in [-0.2, 0) is 10.0 Å². The number of hydrazine groups is 1. The minimum Gasteiger partial charge on any atom is -0.507 e. The third-order valence-electron chi connectivity index (χ3n) is 2.28. The number of phenols is 1. The standard InChI is InChI=1S/C10H10N2O3S/c11-12-16(14,15)10-8-4-2-1-3-7(8)5-6-9(10)13/h1-6,12-13H,11H2. The summed E-state index contributed by atoms with van der Waals surface area (Å²) in [5.41, 5.74) is 0. The molecule has 0 aliphatic heterocycles. The van der Waals surface area contributed by atoms with Crippen molar-refractivity contribution < 1.29 is 13.5 Å². The molecule has 6 heteroatoms. The van der Waals surface area contributed by atoms with Crippen LogP contribution in [-0.4, -0.2) is 13.5 Å². The molecule has 0 unspecified atom stereocenters. The molecule has 5 nitrogen and oxygen atoms in total. The van der Waals surface area contributed by atoms with E-state index in [0.29, 0.717) is 10.8 Å². The van der Waals surface area contributed by atoms with E-state index in [9.17, 15) is 13.5 Å². The molecule has 0 spiro atoms. The van der Waals surface area contributed by atoms with Crippen molar-refractivity contribution >= 4 is 20.8 Å². The zero-order valence-corrected chi connectivity index (χ0v) is 9.03. The lowest BCUT2D eigenvalue weighted by Crippen LogP contribution is -2.30. The number of nitrogens with one attached hydrogen (secondary N) is 1. The summed E-state index contributed by atoms with van der Waals surface area (Å²) in [6, 6.07) is 9.80. The maximum absolute atomic E-state index is 11.6. The summed E-state index contributed by atoms with van der Waals surface area (Å²) in [7, 11) is -3.88. The Labute approximate surface area is 92.5 Å². The van der Waals surface area contributed by atoms with Gasteiger partial charge >= 0.3 is 0 Å². The first-order valence-electron chi connectivity index (χ1n) is 4.49. The Kier molecular flexibility index (Phi) is 2.55. The van der Waals surface area contributed by atoms with Gasteiger partial charge in [-0.3, -0.25) is 5.84 Å². The van der Waals surface area contributed by atoms with Gasteiger partial charge in [-0.05, 0) is 11.5 Å². The highest BCUT2D eigenvalue weighted by atomic mass is 32.2. The van der Waals surface area contributed by atoms with Crippen LogP contribution in [0.5, 0.6) is 5.75 Å². The number of benzene rings is 2. The summed E-state index contributed by atoms with van der Waals surface area (Å²) < 4.78 is 23.3. The summed E-state index contributed by atoms with van der Waals surface area (Å²) in [6.45, 7) is 0. The number of rotatable bonds is 2. The van der Waals surface area contributed by atoms with Gasteiger partial charge in [-0.1, -0.05) is 30.3 Å². The van der Waals surface area contributed by atoms with Crippen molar-refractivity contribution in [1.82, 2.24) is 4.83 Å². The minimum atomic E-state index is -3.88. The highest BCUT2D eigenvalue weighted by Gasteiger charge is 2.20. The second-order valence-corrected chi connectivity index (χ2v) is 4.91. The fraction of sp³-hybridized carbons (Fsp3) is 0. The number of phenolic OH excluding ortho intramolecular Hbond substituents is 1. The van der Waals surface area contributed by atoms with Crippen molar-refractivity contribution in [2.24, 2.45) is 5.84 Å². The van der Waals surface area contributed by atoms with Gasteiger partial charge in [-0.15, -0.1) is 4.83 Å². The molecule has 2 aromatic carbocycles. The number of aromatic hydroxyl groups is 1. The predicted octanol–water partition coefficient (Wildman–Crippen LogP) is 0.697. The van der Waals surface area contributed by atoms with E-state index < -0.39 is 10.0 Å². The second kappa shape index (κ2) is 3.75. The summed E-state index contributed by atoms with van der Waals surface area (Å²) in [5.74, 6) is 4.63. The van der Waals surface area contributed by atoms with Crippen LogP contribution in [0.2, 0.25) is 0 Å². The topological polar surface area (TPSA) is 92.4 Å². The Morgan fingerprint density at radius 3 is 2.50 bits per heavy atom. The summed E-state index contributed by atoms with van der Waals surface area (Å²) in [4.78, 5) is 1.50. The first-order chi connectivity index (χ1) is 7.56. The monoisotopic (exact) mass is 238 g/mol. The Morgan fingerprint density at radius 2 is 1.81 bits per heavy atom. The Balaban J connectivity index is 2.92. The van der Waals surface area contributed by atoms with Crippen molar-refractivity contribution in [2.45, 2.75) is 4.90 Å². The fourth-order valence-corrected chi connectivity index (χ4v) is 2.51. The molecule has 0 aliphatic rings. The van der Waals surface area contributed by atoms with Gasteiger partial charge < -0.3 is 5.11 Å². The van der Waals surface area contributed by atoms with E-state index in [1.807, 2.05) is 0 Å². The highest BCUT2D eigenvalue weighted by Crippen LogP contribution is 2.30. The molecular formula is C10H10N2O3S. The van der Waals surface area contributed by atoms with Crippen LogP contribution in [0.25, 0.3) is 10.8 Å². The van der Waals surface area contributed by atoms with E-state index in [4.69, 9.17) is 5.84 Å². The zero-order valence-electron chi connectivity index (χ0n) is 8.21. The Bertz CT molecular complexity index is 638. The van der Waals surface area contributed by atoms with Crippen molar-refractivity contribution in [2.75, 3.05) is 0 Å². The molecule has 0 heterocycles. The van der Waals surface area contributed by atoms with Crippen molar-refractivity contribution in [1.29, 1.82) is 0 Å². The first-order valence-corrected chi connectivity index (χ1v) is 5.98. The Hall–Kier alpha value is -1.63. The molecule has 0 aliphatic carbocycles. The van der Waals surface area contributed by atoms with Crippen LogP contribution in [0.15, 0.2) is 41.3 Å². The average Bonchev–Trinajstić information content (AvgIpc) is 2.28. The van der Waals surface area contributed by atoms with E-state index >= 15 is 0 Å². The lowest BCUT2D eigenvalue weighted by Gasteiger charge is -2.08. The molecule has 0 saturated carbocycles. The molecule has 0 amide bonds. The highest BCUT2D eigenvalue weighted by molar-refractivity contribution is 7.89. The maximum Gasteiger partial charge on any atom is 0.257 e. The van der Waals surface area contributed by atoms with Crippen LogP contribution in [0, 0.1) is 0 Å². The molecule has 2 aromatic rings. The van der Waals surface area contributed by atoms with Gasteiger partial charge in [-0.25, -0.2) is 8.42 Å². The molecule has 4 N–H and O–H groups in total. The lowest BCUT2D eigenvalue weighted by molar-refractivity contribution is 0.460. The van der Waals surface area contributed by atoms with Crippen LogP contribution >= 0.6 is 0 Å². The number of nitrogens with two attached hydrogens (primary N) is 1. The lowest BCUT2D eigenvalue weighted by atomic mass is 10.1. The molecule has 16 heavy (non-hydrogen) atoms. The fourth-order valence-electron chi connectivity index (χ4n) is 1.57. The minimum absolute atomic E-state index is 0.201. The molecule has 0 fully saturated rings. The average molecular weight is 238 g/mol. The smallest absolute Gasteiger partial charge is 0.257 e. The third kappa shape index (κ3) is 1.63. The van der Waals surface area contributed by atoms with Crippen LogP contribution in [0.1, 0.15) is 0 Å². The van der Waals surface area contributed by atoms with E-state index in [0.717, 1.165) is 0 Å². The summed E-state index contributed by atoms with van der Waals surface area (Å²) in [6.07, 6.45) is 0. The van der Waals surface area contributed by atoms with E-state index in [2.05, 4.69) is 0 Å². The SMILES string of the molecule is NNS(=O)(=O)c1c(O)ccc2ccccc12. The predicted molar refractivity (Wildman–Crippen MR) is 60.1 cm³/mol. The number of hydrogen-bond donors (Lipinski definition) is 3. The van der Waals surface area contributed by atoms with Gasteiger partial charge in [0, 0.05) is 5.39 Å². The maximum atomic E-state index is 11.6. The molecule has 0 aromatic heterocycles. The molecule has 0 radical (unpaired) electrons. The largest absolute Gasteiger partial charge is 0.507 e. The van der Waals surface area contributed by atoms with Gasteiger partial charge in [-0.2, -0.15) is 0 Å². The molecule has 84 valence electrons. The quantitative estimate of drug-likeness (QED) is 0.530. The van der Waals surface area contributed by atoms with Crippen molar-refractivity contribution in [3.05, 3.63) is 36.4 Å². The van der Waals surface area contributed by atoms with Crippen LogP contribution < -0.4 is 10.7 Å². The van der Waals surface area contributed by atoms with Crippen molar-refractivity contribution in [3.63, 3.8) is 0 Å². The molecule has 2 rings (SSSR count). The Morgan fingerprint density at radius 1 is 1.12 bits per heavy atom. The third-order valence-corrected chi connectivity index (χ3v) is 3.56. The molecule has 0 saturated heterocycles. The number of hydrogen-bond acceptors (Lipinski definition) is 4. The van der Waals surface area contributed by atoms with E-state index in [-0.39, 0.29) is 10.6 Å². The molecule has 0 atom stereocenters. The number of fused-ring (bicyclic) bond motifs is 1. The van der Waals surface area contributed by atoms with Gasteiger partial charge in [0.1, 0.15) is 10.6 Å². The van der Waals surface area contributed by atoms with Gasteiger partial charge in [0.05, 0.1) is 0 Å². The summed E-state index contributed by atoms with van der Waals surface area (Å²) in [5, 5.41) is 10.7. The first kappa shape index (κ1) is 10.9. The van der Waals surface area contributed by atoms with Crippen LogP contribution in [0.4, 0.5) is 0 Å². The van der Waals surface area contributed by atoms with Gasteiger partial charge in [0.25, 0.3) is 10.0 Å². The van der Waals surface area contributed by atoms with Crippen LogP contribution in [0.3, 0.4) is 0 Å². The molecule has 0 bridgehead atoms. The van der Waals surface area contributed by atoms with Gasteiger partial charge in [0.15, 0.2) is 0 Å². The normalized spacial score (nSPS) is 11.8. The van der Waals surface area contributed by atoms with Gasteiger partial charge in [0.2, 0.25) is 0 Å². The molecular weight excluding hydrogens is 228 g/mol. The van der Waals surface area contributed by atoms with E-state index in [1.54, 1.807) is 35.2 Å². The van der Waals surface area contributed by atoms with E-state index in [1.165, 1.54) is 6.07 Å². The summed E-state index contributed by atoms with van der Waals surface area (Å²) >= 11 is 0. The zero-order chi connectivity index (χ0) is 11.8. The van der Waals surface area contributed by atoms with Crippen molar-refractivity contribution in [3.8, 4) is 5.75 Å². The second-order valence-electron chi connectivity index (χ2n) is 3.26.